The third-order valence-corrected chi connectivity index (χ3v) is 1.21. The van der Waals surface area contributed by atoms with E-state index >= 15 is 0 Å². The number of rotatable bonds is 3. The Morgan fingerprint density at radius 3 is 2.42 bits per heavy atom. The number of hydrogen-bond donors (Lipinski definition) is 1. The van der Waals surface area contributed by atoms with Gasteiger partial charge in [0.15, 0.2) is 0 Å². The number of ether oxygens (including phenoxy) is 1. The first kappa shape index (κ1) is 8.93. The van der Waals surface area contributed by atoms with Crippen LogP contribution in [0.5, 0.6) is 6.01 Å². The van der Waals surface area contributed by atoms with Crippen LogP contribution in [-0.4, -0.2) is 21.2 Å². The molecule has 1 heterocycles. The molecule has 4 heteroatoms. The van der Waals surface area contributed by atoms with Crippen molar-refractivity contribution in [3.05, 3.63) is 18.0 Å². The van der Waals surface area contributed by atoms with Crippen LogP contribution in [0.1, 0.15) is 19.4 Å². The third kappa shape index (κ3) is 2.47. The molecule has 0 aliphatic heterocycles. The van der Waals surface area contributed by atoms with Crippen LogP contribution in [-0.2, 0) is 6.61 Å². The van der Waals surface area contributed by atoms with Gasteiger partial charge in [0.1, 0.15) is 0 Å². The summed E-state index contributed by atoms with van der Waals surface area (Å²) in [5.74, 6) is 0. The minimum Gasteiger partial charge on any atom is -0.461 e. The lowest BCUT2D eigenvalue weighted by Crippen LogP contribution is -2.08. The number of hydrogen-bond acceptors (Lipinski definition) is 4. The Morgan fingerprint density at radius 2 is 2.00 bits per heavy atom. The molecular weight excluding hydrogens is 156 g/mol. The zero-order valence-corrected chi connectivity index (χ0v) is 7.19. The van der Waals surface area contributed by atoms with Crippen LogP contribution in [0.25, 0.3) is 0 Å². The van der Waals surface area contributed by atoms with Crippen LogP contribution in [0.15, 0.2) is 12.4 Å². The molecule has 4 nitrogen and oxygen atoms in total. The summed E-state index contributed by atoms with van der Waals surface area (Å²) in [5, 5.41) is 8.69. The molecule has 0 atom stereocenters. The molecule has 0 aliphatic carbocycles. The van der Waals surface area contributed by atoms with Gasteiger partial charge in [-0.1, -0.05) is 0 Å². The molecule has 0 fully saturated rings. The molecule has 1 N–H and O–H groups in total. The minimum absolute atomic E-state index is 0.0397. The Kier molecular flexibility index (Phi) is 2.99. The second-order valence-electron chi connectivity index (χ2n) is 2.70. The second kappa shape index (κ2) is 4.01. The summed E-state index contributed by atoms with van der Waals surface area (Å²) in [5.41, 5.74) is 0.686. The van der Waals surface area contributed by atoms with Crippen molar-refractivity contribution in [2.45, 2.75) is 26.6 Å². The smallest absolute Gasteiger partial charge is 0.316 e. The van der Waals surface area contributed by atoms with Gasteiger partial charge in [-0.15, -0.1) is 0 Å². The van der Waals surface area contributed by atoms with Crippen molar-refractivity contribution < 1.29 is 9.84 Å². The Morgan fingerprint density at radius 1 is 1.42 bits per heavy atom. The molecule has 1 rings (SSSR count). The maximum atomic E-state index is 8.69. The highest BCUT2D eigenvalue weighted by Gasteiger charge is 1.99. The molecule has 0 aromatic carbocycles. The molecule has 0 spiro atoms. The molecule has 0 radical (unpaired) electrons. The van der Waals surface area contributed by atoms with Crippen LogP contribution < -0.4 is 4.74 Å². The van der Waals surface area contributed by atoms with Gasteiger partial charge in [-0.05, 0) is 13.8 Å². The average Bonchev–Trinajstić information content (AvgIpc) is 2.05. The average molecular weight is 168 g/mol. The van der Waals surface area contributed by atoms with Crippen molar-refractivity contribution >= 4 is 0 Å². The van der Waals surface area contributed by atoms with Crippen LogP contribution in [0.3, 0.4) is 0 Å². The molecule has 0 saturated carbocycles. The summed E-state index contributed by atoms with van der Waals surface area (Å²) in [7, 11) is 0. The van der Waals surface area contributed by atoms with E-state index in [1.54, 1.807) is 12.4 Å². The Labute approximate surface area is 71.2 Å². The first-order valence-corrected chi connectivity index (χ1v) is 3.81. The van der Waals surface area contributed by atoms with E-state index in [0.717, 1.165) is 0 Å². The van der Waals surface area contributed by atoms with Gasteiger partial charge in [-0.3, -0.25) is 0 Å². The molecular formula is C8H12N2O2. The fourth-order valence-corrected chi connectivity index (χ4v) is 0.696. The van der Waals surface area contributed by atoms with Gasteiger partial charge in [0.05, 0.1) is 12.7 Å². The number of nitrogens with zero attached hydrogens (tertiary/aromatic N) is 2. The van der Waals surface area contributed by atoms with Gasteiger partial charge in [-0.25, -0.2) is 9.97 Å². The molecule has 1 aromatic rings. The number of aromatic nitrogens is 2. The summed E-state index contributed by atoms with van der Waals surface area (Å²) in [4.78, 5) is 7.79. The lowest BCUT2D eigenvalue weighted by atomic mass is 10.4. The zero-order chi connectivity index (χ0) is 8.97. The summed E-state index contributed by atoms with van der Waals surface area (Å²) in [6.07, 6.45) is 3.17. The monoisotopic (exact) mass is 168 g/mol. The van der Waals surface area contributed by atoms with Crippen molar-refractivity contribution in [2.75, 3.05) is 0 Å². The van der Waals surface area contributed by atoms with Gasteiger partial charge in [-0.2, -0.15) is 0 Å². The summed E-state index contributed by atoms with van der Waals surface area (Å²) in [6, 6.07) is 0.349. The van der Waals surface area contributed by atoms with E-state index in [1.807, 2.05) is 13.8 Å². The highest BCUT2D eigenvalue weighted by molar-refractivity contribution is 5.05. The summed E-state index contributed by atoms with van der Waals surface area (Å²) < 4.78 is 5.21. The van der Waals surface area contributed by atoms with Gasteiger partial charge < -0.3 is 9.84 Å². The fourth-order valence-electron chi connectivity index (χ4n) is 0.696. The predicted octanol–water partition coefficient (Wildman–Crippen LogP) is 0.756. The largest absolute Gasteiger partial charge is 0.461 e. The normalized spacial score (nSPS) is 10.3. The van der Waals surface area contributed by atoms with E-state index in [9.17, 15) is 0 Å². The van der Waals surface area contributed by atoms with E-state index in [-0.39, 0.29) is 12.7 Å². The molecule has 1 aromatic heterocycles. The summed E-state index contributed by atoms with van der Waals surface area (Å²) in [6.45, 7) is 3.77. The predicted molar refractivity (Wildman–Crippen MR) is 43.7 cm³/mol. The number of aliphatic hydroxyl groups excluding tert-OH is 1. The van der Waals surface area contributed by atoms with Gasteiger partial charge in [0.2, 0.25) is 0 Å². The van der Waals surface area contributed by atoms with E-state index < -0.39 is 0 Å². The van der Waals surface area contributed by atoms with Crippen molar-refractivity contribution in [1.29, 1.82) is 0 Å². The van der Waals surface area contributed by atoms with Crippen LogP contribution in [0.2, 0.25) is 0 Å². The Hall–Kier alpha value is -1.16. The van der Waals surface area contributed by atoms with Crippen molar-refractivity contribution in [3.63, 3.8) is 0 Å². The maximum Gasteiger partial charge on any atom is 0.316 e. The molecule has 0 saturated heterocycles. The van der Waals surface area contributed by atoms with Crippen LogP contribution in [0, 0.1) is 0 Å². The number of aliphatic hydroxyl groups is 1. The lowest BCUT2D eigenvalue weighted by molar-refractivity contribution is 0.221. The van der Waals surface area contributed by atoms with Gasteiger partial charge in [0.25, 0.3) is 0 Å². The lowest BCUT2D eigenvalue weighted by Gasteiger charge is -2.06. The van der Waals surface area contributed by atoms with Crippen LogP contribution in [0.4, 0.5) is 0 Å². The molecule has 0 bridgehead atoms. The van der Waals surface area contributed by atoms with E-state index in [0.29, 0.717) is 11.6 Å². The SMILES string of the molecule is CC(C)Oc1ncc(CO)cn1. The van der Waals surface area contributed by atoms with Crippen molar-refractivity contribution in [3.8, 4) is 6.01 Å². The van der Waals surface area contributed by atoms with Crippen molar-refractivity contribution in [1.82, 2.24) is 9.97 Å². The van der Waals surface area contributed by atoms with Gasteiger partial charge in [0, 0.05) is 18.0 Å². The van der Waals surface area contributed by atoms with Crippen LogP contribution >= 0.6 is 0 Å². The minimum atomic E-state index is -0.0397. The topological polar surface area (TPSA) is 55.2 Å². The zero-order valence-electron chi connectivity index (χ0n) is 7.19. The third-order valence-electron chi connectivity index (χ3n) is 1.21. The van der Waals surface area contributed by atoms with E-state index in [1.165, 1.54) is 0 Å². The molecule has 0 aliphatic rings. The van der Waals surface area contributed by atoms with E-state index in [4.69, 9.17) is 9.84 Å². The highest BCUT2D eigenvalue weighted by Crippen LogP contribution is 2.04. The second-order valence-corrected chi connectivity index (χ2v) is 2.70. The Balaban J connectivity index is 2.65. The molecule has 12 heavy (non-hydrogen) atoms. The van der Waals surface area contributed by atoms with Gasteiger partial charge >= 0.3 is 6.01 Å². The Bertz CT molecular complexity index is 233. The first-order valence-electron chi connectivity index (χ1n) is 3.81. The highest BCUT2D eigenvalue weighted by atomic mass is 16.5. The fraction of sp³-hybridized carbons (Fsp3) is 0.500. The first-order chi connectivity index (χ1) is 5.72. The molecule has 66 valence electrons. The summed E-state index contributed by atoms with van der Waals surface area (Å²) >= 11 is 0. The van der Waals surface area contributed by atoms with E-state index in [2.05, 4.69) is 9.97 Å². The maximum absolute atomic E-state index is 8.69. The molecule has 0 unspecified atom stereocenters. The quantitative estimate of drug-likeness (QED) is 0.723. The molecule has 0 amide bonds. The van der Waals surface area contributed by atoms with Crippen molar-refractivity contribution in [2.24, 2.45) is 0 Å². The standard InChI is InChI=1S/C8H12N2O2/c1-6(2)12-8-9-3-7(5-11)4-10-8/h3-4,6,11H,5H2,1-2H3.